The SMILES string of the molecule is COc1ccc2c(c1)[nH]c(=S)n2-c1cc(C)cc(Br)c1. The Bertz CT molecular complexity index is 830. The summed E-state index contributed by atoms with van der Waals surface area (Å²) >= 11 is 8.98. The molecule has 102 valence electrons. The summed E-state index contributed by atoms with van der Waals surface area (Å²) in [7, 11) is 1.66. The van der Waals surface area contributed by atoms with E-state index < -0.39 is 0 Å². The van der Waals surface area contributed by atoms with Crippen LogP contribution in [0.25, 0.3) is 16.7 Å². The van der Waals surface area contributed by atoms with E-state index in [-0.39, 0.29) is 0 Å². The Labute approximate surface area is 130 Å². The molecule has 0 spiro atoms. The largest absolute Gasteiger partial charge is 0.497 e. The topological polar surface area (TPSA) is 29.9 Å². The van der Waals surface area contributed by atoms with Gasteiger partial charge in [-0.1, -0.05) is 15.9 Å². The van der Waals surface area contributed by atoms with E-state index in [0.717, 1.165) is 26.9 Å². The highest BCUT2D eigenvalue weighted by molar-refractivity contribution is 9.10. The number of hydrogen-bond acceptors (Lipinski definition) is 2. The lowest BCUT2D eigenvalue weighted by Gasteiger charge is -2.07. The number of aromatic amines is 1. The minimum atomic E-state index is 0.672. The van der Waals surface area contributed by atoms with Crippen molar-refractivity contribution in [2.24, 2.45) is 0 Å². The molecule has 0 unspecified atom stereocenters. The number of benzene rings is 2. The van der Waals surface area contributed by atoms with Crippen LogP contribution in [0.15, 0.2) is 40.9 Å². The van der Waals surface area contributed by atoms with Crippen LogP contribution < -0.4 is 4.74 Å². The predicted molar refractivity (Wildman–Crippen MR) is 87.4 cm³/mol. The van der Waals surface area contributed by atoms with Gasteiger partial charge >= 0.3 is 0 Å². The third-order valence-corrected chi connectivity index (χ3v) is 3.92. The van der Waals surface area contributed by atoms with Crippen LogP contribution in [0, 0.1) is 11.7 Å². The van der Waals surface area contributed by atoms with Crippen molar-refractivity contribution in [1.29, 1.82) is 0 Å². The molecule has 0 amide bonds. The molecule has 1 aromatic heterocycles. The van der Waals surface area contributed by atoms with Gasteiger partial charge in [-0.2, -0.15) is 0 Å². The number of halogens is 1. The Morgan fingerprint density at radius 2 is 2.00 bits per heavy atom. The van der Waals surface area contributed by atoms with Crippen LogP contribution in [0.4, 0.5) is 0 Å². The van der Waals surface area contributed by atoms with Crippen molar-refractivity contribution in [3.05, 3.63) is 51.2 Å². The number of aryl methyl sites for hydroxylation is 1. The lowest BCUT2D eigenvalue weighted by molar-refractivity contribution is 0.415. The number of fused-ring (bicyclic) bond motifs is 1. The number of aromatic nitrogens is 2. The standard InChI is InChI=1S/C15H13BrN2OS/c1-9-5-10(16)7-11(6-9)18-14-4-3-12(19-2)8-13(14)17-15(18)20/h3-8H,1-2H3,(H,17,20). The molecule has 0 bridgehead atoms. The number of nitrogens with zero attached hydrogens (tertiary/aromatic N) is 1. The first kappa shape index (κ1) is 13.4. The van der Waals surface area contributed by atoms with Crippen molar-refractivity contribution in [3.8, 4) is 11.4 Å². The maximum atomic E-state index is 5.45. The molecule has 3 rings (SSSR count). The van der Waals surface area contributed by atoms with E-state index in [2.05, 4.69) is 46.0 Å². The number of methoxy groups -OCH3 is 1. The number of nitrogens with one attached hydrogen (secondary N) is 1. The molecule has 0 aliphatic heterocycles. The molecular weight excluding hydrogens is 336 g/mol. The Balaban J connectivity index is 2.30. The highest BCUT2D eigenvalue weighted by Crippen LogP contribution is 2.26. The van der Waals surface area contributed by atoms with Crippen LogP contribution in [-0.2, 0) is 0 Å². The molecule has 3 nitrogen and oxygen atoms in total. The Morgan fingerprint density at radius 1 is 1.20 bits per heavy atom. The van der Waals surface area contributed by atoms with Gasteiger partial charge in [0.05, 0.1) is 18.1 Å². The number of imidazole rings is 1. The van der Waals surface area contributed by atoms with E-state index in [4.69, 9.17) is 17.0 Å². The second-order valence-corrected chi connectivity index (χ2v) is 5.94. The van der Waals surface area contributed by atoms with Crippen molar-refractivity contribution < 1.29 is 4.74 Å². The third kappa shape index (κ3) is 2.27. The third-order valence-electron chi connectivity index (χ3n) is 3.17. The van der Waals surface area contributed by atoms with Crippen molar-refractivity contribution in [2.75, 3.05) is 7.11 Å². The van der Waals surface area contributed by atoms with Gasteiger partial charge in [0.15, 0.2) is 4.77 Å². The minimum absolute atomic E-state index is 0.672. The summed E-state index contributed by atoms with van der Waals surface area (Å²) < 4.78 is 8.99. The fraction of sp³-hybridized carbons (Fsp3) is 0.133. The fourth-order valence-corrected chi connectivity index (χ4v) is 3.23. The molecule has 1 heterocycles. The highest BCUT2D eigenvalue weighted by Gasteiger charge is 2.08. The summed E-state index contributed by atoms with van der Waals surface area (Å²) in [5, 5.41) is 0. The summed E-state index contributed by atoms with van der Waals surface area (Å²) in [6.45, 7) is 2.07. The molecule has 0 fully saturated rings. The van der Waals surface area contributed by atoms with Gasteiger partial charge in [0.25, 0.3) is 0 Å². The zero-order valence-electron chi connectivity index (χ0n) is 11.1. The normalized spacial score (nSPS) is 10.9. The van der Waals surface area contributed by atoms with E-state index in [9.17, 15) is 0 Å². The van der Waals surface area contributed by atoms with Crippen molar-refractivity contribution in [1.82, 2.24) is 9.55 Å². The molecule has 20 heavy (non-hydrogen) atoms. The summed E-state index contributed by atoms with van der Waals surface area (Å²) in [5.41, 5.74) is 4.22. The van der Waals surface area contributed by atoms with E-state index in [1.54, 1.807) is 7.11 Å². The van der Waals surface area contributed by atoms with Gasteiger partial charge in [-0.3, -0.25) is 4.57 Å². The predicted octanol–water partition coefficient (Wildman–Crippen LogP) is 4.77. The van der Waals surface area contributed by atoms with Gasteiger partial charge in [-0.15, -0.1) is 0 Å². The maximum absolute atomic E-state index is 5.45. The molecular formula is C15H13BrN2OS. The average molecular weight is 349 g/mol. The van der Waals surface area contributed by atoms with Gasteiger partial charge in [0.1, 0.15) is 5.75 Å². The van der Waals surface area contributed by atoms with Crippen LogP contribution in [0.1, 0.15) is 5.56 Å². The number of ether oxygens (including phenoxy) is 1. The first-order valence-corrected chi connectivity index (χ1v) is 7.35. The quantitative estimate of drug-likeness (QED) is 0.676. The second kappa shape index (κ2) is 5.07. The molecule has 0 atom stereocenters. The molecule has 2 aromatic carbocycles. The Hall–Kier alpha value is -1.59. The van der Waals surface area contributed by atoms with Gasteiger partial charge in [-0.05, 0) is 55.0 Å². The number of rotatable bonds is 2. The zero-order valence-corrected chi connectivity index (χ0v) is 13.5. The summed E-state index contributed by atoms with van der Waals surface area (Å²) in [6, 6.07) is 12.1. The highest BCUT2D eigenvalue weighted by atomic mass is 79.9. The fourth-order valence-electron chi connectivity index (χ4n) is 2.32. The van der Waals surface area contributed by atoms with Crippen LogP contribution in [0.5, 0.6) is 5.75 Å². The van der Waals surface area contributed by atoms with E-state index in [1.807, 2.05) is 22.8 Å². The van der Waals surface area contributed by atoms with Gasteiger partial charge < -0.3 is 9.72 Å². The second-order valence-electron chi connectivity index (χ2n) is 4.64. The van der Waals surface area contributed by atoms with E-state index in [1.165, 1.54) is 5.56 Å². The van der Waals surface area contributed by atoms with Crippen molar-refractivity contribution in [3.63, 3.8) is 0 Å². The van der Waals surface area contributed by atoms with E-state index >= 15 is 0 Å². The first-order chi connectivity index (χ1) is 9.58. The molecule has 0 aliphatic rings. The van der Waals surface area contributed by atoms with Crippen molar-refractivity contribution in [2.45, 2.75) is 6.92 Å². The Kier molecular flexibility index (Phi) is 3.40. The molecule has 5 heteroatoms. The minimum Gasteiger partial charge on any atom is -0.497 e. The molecule has 1 N–H and O–H groups in total. The number of H-pyrrole nitrogens is 1. The van der Waals surface area contributed by atoms with E-state index in [0.29, 0.717) is 4.77 Å². The lowest BCUT2D eigenvalue weighted by atomic mass is 10.2. The Morgan fingerprint density at radius 3 is 2.70 bits per heavy atom. The summed E-state index contributed by atoms with van der Waals surface area (Å²) in [6.07, 6.45) is 0. The average Bonchev–Trinajstić information content (AvgIpc) is 2.72. The maximum Gasteiger partial charge on any atom is 0.182 e. The summed E-state index contributed by atoms with van der Waals surface area (Å²) in [5.74, 6) is 0.811. The van der Waals surface area contributed by atoms with Crippen LogP contribution in [0.2, 0.25) is 0 Å². The monoisotopic (exact) mass is 348 g/mol. The van der Waals surface area contributed by atoms with Crippen LogP contribution >= 0.6 is 28.1 Å². The van der Waals surface area contributed by atoms with Gasteiger partial charge in [0.2, 0.25) is 0 Å². The molecule has 0 aliphatic carbocycles. The van der Waals surface area contributed by atoms with Gasteiger partial charge in [0, 0.05) is 16.2 Å². The lowest BCUT2D eigenvalue weighted by Crippen LogP contribution is -1.94. The first-order valence-electron chi connectivity index (χ1n) is 6.15. The molecule has 0 radical (unpaired) electrons. The van der Waals surface area contributed by atoms with Crippen LogP contribution in [0.3, 0.4) is 0 Å². The molecule has 3 aromatic rings. The molecule has 0 saturated heterocycles. The number of hydrogen-bond donors (Lipinski definition) is 1. The summed E-state index contributed by atoms with van der Waals surface area (Å²) in [4.78, 5) is 3.22. The zero-order chi connectivity index (χ0) is 14.3. The van der Waals surface area contributed by atoms with Crippen LogP contribution in [-0.4, -0.2) is 16.7 Å². The molecule has 0 saturated carbocycles. The van der Waals surface area contributed by atoms with Gasteiger partial charge in [-0.25, -0.2) is 0 Å². The smallest absolute Gasteiger partial charge is 0.182 e. The van der Waals surface area contributed by atoms with Crippen molar-refractivity contribution >= 4 is 39.2 Å².